The van der Waals surface area contributed by atoms with Crippen LogP contribution in [-0.2, 0) is 11.2 Å². The second kappa shape index (κ2) is 6.00. The summed E-state index contributed by atoms with van der Waals surface area (Å²) in [5.74, 6) is -0.423. The summed E-state index contributed by atoms with van der Waals surface area (Å²) >= 11 is 1.15. The lowest BCUT2D eigenvalue weighted by atomic mass is 10.2. The molecule has 0 fully saturated rings. The van der Waals surface area contributed by atoms with Crippen molar-refractivity contribution in [3.05, 3.63) is 22.0 Å². The summed E-state index contributed by atoms with van der Waals surface area (Å²) in [5, 5.41) is 10.3. The normalized spacial score (nSPS) is 10.5. The van der Waals surface area contributed by atoms with Gasteiger partial charge in [0, 0.05) is 14.1 Å². The minimum Gasteiger partial charge on any atom is -0.344 e. The van der Waals surface area contributed by atoms with Crippen molar-refractivity contribution in [3.8, 4) is 0 Å². The Bertz CT molecular complexity index is 676. The highest BCUT2D eigenvalue weighted by molar-refractivity contribution is 7.17. The van der Waals surface area contributed by atoms with E-state index in [4.69, 9.17) is 0 Å². The number of carbonyl (C=O) groups excluding carboxylic acids is 2. The fourth-order valence-electron chi connectivity index (χ4n) is 1.58. The first-order chi connectivity index (χ1) is 9.88. The Balaban J connectivity index is 2.07. The Labute approximate surface area is 125 Å². The van der Waals surface area contributed by atoms with Crippen molar-refractivity contribution in [1.82, 2.24) is 20.2 Å². The number of hydrogen-bond donors (Lipinski definition) is 1. The number of aryl methyl sites for hydroxylation is 2. The van der Waals surface area contributed by atoms with Crippen molar-refractivity contribution in [2.24, 2.45) is 0 Å². The van der Waals surface area contributed by atoms with E-state index in [1.807, 2.05) is 0 Å². The zero-order valence-corrected chi connectivity index (χ0v) is 12.9. The molecule has 2 aromatic rings. The minimum atomic E-state index is -0.286. The summed E-state index contributed by atoms with van der Waals surface area (Å²) in [5.41, 5.74) is 1.64. The van der Waals surface area contributed by atoms with E-state index >= 15 is 0 Å². The molecular weight excluding hydrogens is 294 g/mol. The molecule has 1 N–H and O–H groups in total. The van der Waals surface area contributed by atoms with Gasteiger partial charge in [-0.25, -0.2) is 9.61 Å². The molecule has 2 aromatic heterocycles. The smallest absolute Gasteiger partial charge is 0.265 e. The van der Waals surface area contributed by atoms with Crippen molar-refractivity contribution in [3.63, 3.8) is 0 Å². The van der Waals surface area contributed by atoms with E-state index in [0.717, 1.165) is 11.3 Å². The Kier molecular flexibility index (Phi) is 4.32. The van der Waals surface area contributed by atoms with Crippen LogP contribution in [-0.4, -0.2) is 46.1 Å². The van der Waals surface area contributed by atoms with Crippen LogP contribution in [0.3, 0.4) is 0 Å². The van der Waals surface area contributed by atoms with Crippen molar-refractivity contribution >= 4 is 28.3 Å². The van der Waals surface area contributed by atoms with E-state index in [2.05, 4.69) is 25.2 Å². The van der Waals surface area contributed by atoms with E-state index in [-0.39, 0.29) is 18.2 Å². The van der Waals surface area contributed by atoms with Gasteiger partial charge in [0.15, 0.2) is 5.13 Å². The van der Waals surface area contributed by atoms with Crippen molar-refractivity contribution < 1.29 is 14.2 Å². The third-order valence-corrected chi connectivity index (χ3v) is 3.78. The van der Waals surface area contributed by atoms with Crippen LogP contribution in [0.1, 0.15) is 26.8 Å². The maximum Gasteiger partial charge on any atom is 0.265 e. The molecule has 2 heterocycles. The zero-order chi connectivity index (χ0) is 15.6. The minimum absolute atomic E-state index is 0.0465. The number of anilines is 1. The first-order valence-electron chi connectivity index (χ1n) is 6.15. The van der Waals surface area contributed by atoms with Crippen LogP contribution in [0.5, 0.6) is 0 Å². The molecule has 0 saturated carbocycles. The average Bonchev–Trinajstić information content (AvgIpc) is 2.95. The molecule has 8 nitrogen and oxygen atoms in total. The van der Waals surface area contributed by atoms with Crippen LogP contribution in [0, 0.1) is 13.8 Å². The van der Waals surface area contributed by atoms with E-state index < -0.39 is 0 Å². The molecule has 2 rings (SSSR count). The highest BCUT2D eigenvalue weighted by atomic mass is 32.1. The Hall–Kier alpha value is -2.29. The van der Waals surface area contributed by atoms with E-state index in [9.17, 15) is 9.59 Å². The lowest BCUT2D eigenvalue weighted by molar-refractivity contribution is -0.115. The van der Waals surface area contributed by atoms with E-state index in [1.54, 1.807) is 27.9 Å². The van der Waals surface area contributed by atoms with Gasteiger partial charge in [0.25, 0.3) is 5.91 Å². The molecule has 0 atom stereocenters. The average molecular weight is 309 g/mol. The maximum atomic E-state index is 11.9. The standard InChI is InChI=1S/C12H15N5O3S/c1-6-8(16-20-15-6)5-9(18)14-12-13-7(2)10(21-12)11(19)17(3)4/h5H2,1-4H3,(H,13,14,18). The summed E-state index contributed by atoms with van der Waals surface area (Å²) in [6, 6.07) is 0. The number of nitrogens with zero attached hydrogens (tertiary/aromatic N) is 4. The predicted octanol–water partition coefficient (Wildman–Crippen LogP) is 1.03. The van der Waals surface area contributed by atoms with Crippen LogP contribution in [0.25, 0.3) is 0 Å². The van der Waals surface area contributed by atoms with Gasteiger partial charge < -0.3 is 10.2 Å². The molecule has 0 aliphatic carbocycles. The molecule has 2 amide bonds. The second-order valence-corrected chi connectivity index (χ2v) is 5.65. The number of rotatable bonds is 4. The molecule has 0 unspecified atom stereocenters. The highest BCUT2D eigenvalue weighted by Crippen LogP contribution is 2.23. The van der Waals surface area contributed by atoms with Crippen molar-refractivity contribution in [1.29, 1.82) is 0 Å². The van der Waals surface area contributed by atoms with Crippen molar-refractivity contribution in [2.45, 2.75) is 20.3 Å². The summed E-state index contributed by atoms with van der Waals surface area (Å²) in [4.78, 5) is 30.0. The van der Waals surface area contributed by atoms with Gasteiger partial charge in [-0.05, 0) is 13.8 Å². The van der Waals surface area contributed by atoms with Crippen LogP contribution in [0.4, 0.5) is 5.13 Å². The fourth-order valence-corrected chi connectivity index (χ4v) is 2.58. The number of thiazole rings is 1. The fraction of sp³-hybridized carbons (Fsp3) is 0.417. The first kappa shape index (κ1) is 15.1. The summed E-state index contributed by atoms with van der Waals surface area (Å²) in [6.45, 7) is 3.44. The number of carbonyl (C=O) groups is 2. The molecule has 9 heteroatoms. The lowest BCUT2D eigenvalue weighted by Crippen LogP contribution is -2.21. The highest BCUT2D eigenvalue weighted by Gasteiger charge is 2.18. The Morgan fingerprint density at radius 2 is 1.95 bits per heavy atom. The second-order valence-electron chi connectivity index (χ2n) is 4.65. The molecule has 112 valence electrons. The number of amides is 2. The molecule has 0 spiro atoms. The molecular formula is C12H15N5O3S. The lowest BCUT2D eigenvalue weighted by Gasteiger charge is -2.07. The Morgan fingerprint density at radius 1 is 1.24 bits per heavy atom. The van der Waals surface area contributed by atoms with E-state index in [1.165, 1.54) is 4.90 Å². The van der Waals surface area contributed by atoms with Crippen LogP contribution in [0.15, 0.2) is 4.63 Å². The molecule has 0 aromatic carbocycles. The van der Waals surface area contributed by atoms with Gasteiger partial charge in [-0.2, -0.15) is 0 Å². The molecule has 0 aliphatic rings. The van der Waals surface area contributed by atoms with Crippen LogP contribution in [0.2, 0.25) is 0 Å². The van der Waals surface area contributed by atoms with Gasteiger partial charge in [-0.15, -0.1) is 0 Å². The quantitative estimate of drug-likeness (QED) is 0.905. The first-order valence-corrected chi connectivity index (χ1v) is 6.97. The van der Waals surface area contributed by atoms with Gasteiger partial charge in [0.05, 0.1) is 12.1 Å². The third-order valence-electron chi connectivity index (χ3n) is 2.72. The van der Waals surface area contributed by atoms with Crippen molar-refractivity contribution in [2.75, 3.05) is 19.4 Å². The largest absolute Gasteiger partial charge is 0.344 e. The van der Waals surface area contributed by atoms with Crippen LogP contribution >= 0.6 is 11.3 Å². The predicted molar refractivity (Wildman–Crippen MR) is 76.2 cm³/mol. The van der Waals surface area contributed by atoms with Gasteiger partial charge in [0.2, 0.25) is 5.91 Å². The van der Waals surface area contributed by atoms with Gasteiger partial charge >= 0.3 is 0 Å². The molecule has 0 saturated heterocycles. The van der Waals surface area contributed by atoms with Gasteiger partial charge in [-0.3, -0.25) is 9.59 Å². The monoisotopic (exact) mass is 309 g/mol. The SMILES string of the molecule is Cc1nonc1CC(=O)Nc1nc(C)c(C(=O)N(C)C)s1. The summed E-state index contributed by atoms with van der Waals surface area (Å²) < 4.78 is 4.53. The van der Waals surface area contributed by atoms with Crippen LogP contribution < -0.4 is 5.32 Å². The Morgan fingerprint density at radius 3 is 2.52 bits per heavy atom. The number of nitrogens with one attached hydrogen (secondary N) is 1. The molecule has 0 radical (unpaired) electrons. The number of hydrogen-bond acceptors (Lipinski definition) is 7. The summed E-state index contributed by atoms with van der Waals surface area (Å²) in [7, 11) is 3.33. The molecule has 21 heavy (non-hydrogen) atoms. The zero-order valence-electron chi connectivity index (χ0n) is 12.1. The molecule has 0 bridgehead atoms. The third kappa shape index (κ3) is 3.43. The van der Waals surface area contributed by atoms with E-state index in [0.29, 0.717) is 27.1 Å². The number of aromatic nitrogens is 3. The summed E-state index contributed by atoms with van der Waals surface area (Å²) in [6.07, 6.45) is 0.0465. The van der Waals surface area contributed by atoms with Gasteiger partial charge in [-0.1, -0.05) is 21.7 Å². The molecule has 0 aliphatic heterocycles. The topological polar surface area (TPSA) is 101 Å². The maximum absolute atomic E-state index is 11.9. The van der Waals surface area contributed by atoms with Gasteiger partial charge in [0.1, 0.15) is 16.3 Å².